The molecular formula is C13H21N3. The number of nitrogens with two attached hydrogens (primary N) is 1. The molecule has 1 aromatic heterocycles. The molecule has 88 valence electrons. The first kappa shape index (κ1) is 11.5. The van der Waals surface area contributed by atoms with Gasteiger partial charge in [0.2, 0.25) is 0 Å². The van der Waals surface area contributed by atoms with Crippen molar-refractivity contribution in [1.82, 2.24) is 9.97 Å². The normalized spacial score (nSPS) is 27.6. The van der Waals surface area contributed by atoms with Crippen molar-refractivity contribution in [3.05, 3.63) is 24.3 Å². The van der Waals surface area contributed by atoms with Gasteiger partial charge in [-0.1, -0.05) is 26.2 Å². The van der Waals surface area contributed by atoms with Gasteiger partial charge in [-0.05, 0) is 30.7 Å². The summed E-state index contributed by atoms with van der Waals surface area (Å²) in [5, 5.41) is 0. The fourth-order valence-corrected chi connectivity index (χ4v) is 2.65. The van der Waals surface area contributed by atoms with E-state index in [1.807, 2.05) is 6.07 Å². The second-order valence-electron chi connectivity index (χ2n) is 4.82. The van der Waals surface area contributed by atoms with Crippen LogP contribution in [0.4, 0.5) is 0 Å². The molecule has 1 aliphatic rings. The van der Waals surface area contributed by atoms with Crippen molar-refractivity contribution < 1.29 is 0 Å². The van der Waals surface area contributed by atoms with Crippen LogP contribution in [0.25, 0.3) is 0 Å². The molecule has 3 nitrogen and oxygen atoms in total. The van der Waals surface area contributed by atoms with Crippen LogP contribution in [0, 0.1) is 11.8 Å². The van der Waals surface area contributed by atoms with Crippen LogP contribution in [0.15, 0.2) is 18.5 Å². The first-order chi connectivity index (χ1) is 7.81. The first-order valence-electron chi connectivity index (χ1n) is 6.33. The Kier molecular flexibility index (Phi) is 3.88. The van der Waals surface area contributed by atoms with Crippen LogP contribution in [-0.4, -0.2) is 9.97 Å². The van der Waals surface area contributed by atoms with Gasteiger partial charge in [0.15, 0.2) is 0 Å². The molecular weight excluding hydrogens is 198 g/mol. The van der Waals surface area contributed by atoms with E-state index in [2.05, 4.69) is 16.9 Å². The van der Waals surface area contributed by atoms with Gasteiger partial charge in [-0.2, -0.15) is 0 Å². The average molecular weight is 219 g/mol. The van der Waals surface area contributed by atoms with Gasteiger partial charge in [-0.25, -0.2) is 9.97 Å². The third-order valence-corrected chi connectivity index (χ3v) is 3.86. The fraction of sp³-hybridized carbons (Fsp3) is 0.692. The summed E-state index contributed by atoms with van der Waals surface area (Å²) in [6, 6.07) is 1.86. The lowest BCUT2D eigenvalue weighted by atomic mass is 9.77. The minimum Gasteiger partial charge on any atom is -0.321 e. The largest absolute Gasteiger partial charge is 0.321 e. The Morgan fingerprint density at radius 2 is 1.88 bits per heavy atom. The second-order valence-corrected chi connectivity index (χ2v) is 4.82. The molecule has 0 aliphatic heterocycles. The van der Waals surface area contributed by atoms with Crippen LogP contribution in [0.5, 0.6) is 0 Å². The maximum absolute atomic E-state index is 6.23. The molecule has 0 bridgehead atoms. The lowest BCUT2D eigenvalue weighted by Crippen LogP contribution is -2.27. The third kappa shape index (κ3) is 2.59. The molecule has 0 saturated heterocycles. The van der Waals surface area contributed by atoms with Crippen LogP contribution in [-0.2, 0) is 0 Å². The fourth-order valence-electron chi connectivity index (χ4n) is 2.65. The van der Waals surface area contributed by atoms with Gasteiger partial charge < -0.3 is 5.73 Å². The molecule has 1 heterocycles. The molecule has 3 heteroatoms. The van der Waals surface area contributed by atoms with Crippen molar-refractivity contribution in [2.45, 2.75) is 45.1 Å². The zero-order valence-electron chi connectivity index (χ0n) is 9.97. The maximum atomic E-state index is 6.23. The SMILES string of the molecule is CCC1CCC(C(N)c2ncccn2)CC1. The van der Waals surface area contributed by atoms with E-state index >= 15 is 0 Å². The van der Waals surface area contributed by atoms with Crippen LogP contribution < -0.4 is 5.73 Å². The smallest absolute Gasteiger partial charge is 0.145 e. The van der Waals surface area contributed by atoms with Crippen molar-refractivity contribution in [1.29, 1.82) is 0 Å². The molecule has 1 saturated carbocycles. The highest BCUT2D eigenvalue weighted by Gasteiger charge is 2.26. The van der Waals surface area contributed by atoms with E-state index in [0.29, 0.717) is 5.92 Å². The summed E-state index contributed by atoms with van der Waals surface area (Å²) in [4.78, 5) is 8.51. The van der Waals surface area contributed by atoms with Crippen molar-refractivity contribution >= 4 is 0 Å². The van der Waals surface area contributed by atoms with Crippen LogP contribution in [0.2, 0.25) is 0 Å². The molecule has 16 heavy (non-hydrogen) atoms. The Hall–Kier alpha value is -0.960. The highest BCUT2D eigenvalue weighted by atomic mass is 14.9. The second kappa shape index (κ2) is 5.39. The Bertz CT molecular complexity index is 304. The van der Waals surface area contributed by atoms with Gasteiger partial charge in [0.05, 0.1) is 6.04 Å². The van der Waals surface area contributed by atoms with E-state index in [0.717, 1.165) is 11.7 Å². The highest BCUT2D eigenvalue weighted by Crippen LogP contribution is 2.35. The molecule has 0 spiro atoms. The summed E-state index contributed by atoms with van der Waals surface area (Å²) in [6.07, 6.45) is 9.97. The average Bonchev–Trinajstić information content (AvgIpc) is 2.39. The van der Waals surface area contributed by atoms with Crippen molar-refractivity contribution in [2.24, 2.45) is 17.6 Å². The standard InChI is InChI=1S/C13H21N3/c1-2-10-4-6-11(7-5-10)12(14)13-15-8-3-9-16-13/h3,8-12H,2,4-7,14H2,1H3. The monoisotopic (exact) mass is 219 g/mol. The minimum absolute atomic E-state index is 0.0269. The predicted octanol–water partition coefficient (Wildman–Crippen LogP) is 2.69. The topological polar surface area (TPSA) is 51.8 Å². The molecule has 0 aromatic carbocycles. The van der Waals surface area contributed by atoms with Gasteiger partial charge in [0.25, 0.3) is 0 Å². The molecule has 0 radical (unpaired) electrons. The van der Waals surface area contributed by atoms with E-state index in [-0.39, 0.29) is 6.04 Å². The van der Waals surface area contributed by atoms with E-state index in [1.165, 1.54) is 32.1 Å². The Morgan fingerprint density at radius 1 is 1.25 bits per heavy atom. The van der Waals surface area contributed by atoms with Crippen LogP contribution in [0.3, 0.4) is 0 Å². The summed E-state index contributed by atoms with van der Waals surface area (Å²) in [5.41, 5.74) is 6.23. The summed E-state index contributed by atoms with van der Waals surface area (Å²) >= 11 is 0. The molecule has 1 fully saturated rings. The lowest BCUT2D eigenvalue weighted by Gasteiger charge is -2.30. The molecule has 1 aliphatic carbocycles. The molecule has 2 N–H and O–H groups in total. The number of aromatic nitrogens is 2. The summed E-state index contributed by atoms with van der Waals surface area (Å²) in [6.45, 7) is 2.28. The summed E-state index contributed by atoms with van der Waals surface area (Å²) in [7, 11) is 0. The van der Waals surface area contributed by atoms with E-state index in [1.54, 1.807) is 12.4 Å². The molecule has 2 rings (SSSR count). The number of nitrogens with zero attached hydrogens (tertiary/aromatic N) is 2. The van der Waals surface area contributed by atoms with Gasteiger partial charge in [0, 0.05) is 12.4 Å². The van der Waals surface area contributed by atoms with Crippen LogP contribution in [0.1, 0.15) is 50.9 Å². The highest BCUT2D eigenvalue weighted by molar-refractivity contribution is 4.97. The quantitative estimate of drug-likeness (QED) is 0.850. The Labute approximate surface area is 97.5 Å². The number of hydrogen-bond donors (Lipinski definition) is 1. The van der Waals surface area contributed by atoms with Gasteiger partial charge in [0.1, 0.15) is 5.82 Å². The van der Waals surface area contributed by atoms with Crippen molar-refractivity contribution in [3.8, 4) is 0 Å². The predicted molar refractivity (Wildman–Crippen MR) is 64.7 cm³/mol. The van der Waals surface area contributed by atoms with Gasteiger partial charge >= 0.3 is 0 Å². The van der Waals surface area contributed by atoms with Gasteiger partial charge in [-0.3, -0.25) is 0 Å². The number of hydrogen-bond acceptors (Lipinski definition) is 3. The maximum Gasteiger partial charge on any atom is 0.145 e. The Morgan fingerprint density at radius 3 is 2.44 bits per heavy atom. The zero-order valence-corrected chi connectivity index (χ0v) is 9.97. The molecule has 1 unspecified atom stereocenters. The molecule has 0 amide bonds. The minimum atomic E-state index is 0.0269. The van der Waals surface area contributed by atoms with Gasteiger partial charge in [-0.15, -0.1) is 0 Å². The third-order valence-electron chi connectivity index (χ3n) is 3.86. The van der Waals surface area contributed by atoms with Crippen LogP contribution >= 0.6 is 0 Å². The number of rotatable bonds is 3. The Balaban J connectivity index is 1.94. The van der Waals surface area contributed by atoms with E-state index in [4.69, 9.17) is 5.73 Å². The van der Waals surface area contributed by atoms with Crippen molar-refractivity contribution in [2.75, 3.05) is 0 Å². The summed E-state index contributed by atoms with van der Waals surface area (Å²) < 4.78 is 0. The van der Waals surface area contributed by atoms with Crippen molar-refractivity contribution in [3.63, 3.8) is 0 Å². The molecule has 1 aromatic rings. The zero-order chi connectivity index (χ0) is 11.4. The van der Waals surface area contributed by atoms with E-state index in [9.17, 15) is 0 Å². The lowest BCUT2D eigenvalue weighted by molar-refractivity contribution is 0.236. The van der Waals surface area contributed by atoms with E-state index < -0.39 is 0 Å². The first-order valence-corrected chi connectivity index (χ1v) is 6.33. The summed E-state index contributed by atoms with van der Waals surface area (Å²) in [5.74, 6) is 2.30. The molecule has 1 atom stereocenters.